The number of hydrazine groups is 1. The second kappa shape index (κ2) is 6.20. The topological polar surface area (TPSA) is 36.1 Å². The summed E-state index contributed by atoms with van der Waals surface area (Å²) < 4.78 is 0. The second-order valence-electron chi connectivity index (χ2n) is 4.39. The smallest absolute Gasteiger partial charge is 0.189 e. The highest BCUT2D eigenvalue weighted by molar-refractivity contribution is 7.80. The Kier molecular flexibility index (Phi) is 4.36. The van der Waals surface area contributed by atoms with Crippen LogP contribution in [0, 0.1) is 13.8 Å². The fraction of sp³-hybridized carbons (Fsp3) is 0.133. The zero-order valence-electron chi connectivity index (χ0n) is 11.0. The maximum absolute atomic E-state index is 5.25. The summed E-state index contributed by atoms with van der Waals surface area (Å²) in [6.07, 6.45) is 0. The van der Waals surface area contributed by atoms with Gasteiger partial charge >= 0.3 is 0 Å². The molecule has 0 unspecified atom stereocenters. The van der Waals surface area contributed by atoms with Gasteiger partial charge in [-0.3, -0.25) is 10.9 Å². The molecule has 3 N–H and O–H groups in total. The van der Waals surface area contributed by atoms with Crippen molar-refractivity contribution in [3.8, 4) is 0 Å². The standard InChI is InChI=1S/C15H17N3S/c1-11-8-9-12(2)14(10-11)16-15(19)18-17-13-6-4-3-5-7-13/h3-10,17H,1-2H3,(H2,16,18,19). The molecule has 0 bridgehead atoms. The third-order valence-corrected chi connectivity index (χ3v) is 2.94. The van der Waals surface area contributed by atoms with Crippen LogP contribution in [-0.2, 0) is 0 Å². The Morgan fingerprint density at radius 3 is 2.47 bits per heavy atom. The van der Waals surface area contributed by atoms with Crippen LogP contribution in [0.15, 0.2) is 48.5 Å². The SMILES string of the molecule is Cc1ccc(C)c(NC(=S)NNc2ccccc2)c1. The Hall–Kier alpha value is -2.07. The third kappa shape index (κ3) is 3.96. The molecule has 0 amide bonds. The van der Waals surface area contributed by atoms with Gasteiger partial charge in [-0.1, -0.05) is 30.3 Å². The molecule has 0 aliphatic carbocycles. The maximum atomic E-state index is 5.25. The van der Waals surface area contributed by atoms with Crippen molar-refractivity contribution >= 4 is 28.7 Å². The molecule has 2 rings (SSSR count). The predicted molar refractivity (Wildman–Crippen MR) is 85.3 cm³/mol. The lowest BCUT2D eigenvalue weighted by Gasteiger charge is -2.14. The first-order valence-corrected chi connectivity index (χ1v) is 6.51. The van der Waals surface area contributed by atoms with Crippen molar-refractivity contribution in [2.45, 2.75) is 13.8 Å². The highest BCUT2D eigenvalue weighted by Crippen LogP contribution is 2.16. The largest absolute Gasteiger partial charge is 0.331 e. The van der Waals surface area contributed by atoms with E-state index in [1.807, 2.05) is 30.3 Å². The molecule has 19 heavy (non-hydrogen) atoms. The first kappa shape index (κ1) is 13.4. The van der Waals surface area contributed by atoms with Crippen LogP contribution in [0.5, 0.6) is 0 Å². The molecular weight excluding hydrogens is 254 g/mol. The van der Waals surface area contributed by atoms with Crippen molar-refractivity contribution in [1.82, 2.24) is 5.43 Å². The lowest BCUT2D eigenvalue weighted by molar-refractivity contribution is 1.14. The van der Waals surface area contributed by atoms with Gasteiger partial charge in [0.25, 0.3) is 0 Å². The highest BCUT2D eigenvalue weighted by atomic mass is 32.1. The van der Waals surface area contributed by atoms with Gasteiger partial charge in [0.15, 0.2) is 5.11 Å². The molecule has 0 heterocycles. The van der Waals surface area contributed by atoms with Crippen LogP contribution in [-0.4, -0.2) is 5.11 Å². The van der Waals surface area contributed by atoms with Gasteiger partial charge < -0.3 is 5.32 Å². The lowest BCUT2D eigenvalue weighted by Crippen LogP contribution is -2.33. The Morgan fingerprint density at radius 2 is 1.74 bits per heavy atom. The summed E-state index contributed by atoms with van der Waals surface area (Å²) in [5, 5.41) is 3.72. The number of hydrogen-bond acceptors (Lipinski definition) is 2. The number of benzene rings is 2. The van der Waals surface area contributed by atoms with Gasteiger partial charge in [-0.05, 0) is 55.4 Å². The summed E-state index contributed by atoms with van der Waals surface area (Å²) in [5.74, 6) is 0. The molecule has 0 fully saturated rings. The summed E-state index contributed by atoms with van der Waals surface area (Å²) >= 11 is 5.25. The fourth-order valence-corrected chi connectivity index (χ4v) is 1.84. The van der Waals surface area contributed by atoms with E-state index in [0.29, 0.717) is 5.11 Å². The number of nitrogens with one attached hydrogen (secondary N) is 3. The molecule has 3 nitrogen and oxygen atoms in total. The van der Waals surface area contributed by atoms with Crippen molar-refractivity contribution in [3.63, 3.8) is 0 Å². The first-order chi connectivity index (χ1) is 9.15. The van der Waals surface area contributed by atoms with E-state index < -0.39 is 0 Å². The van der Waals surface area contributed by atoms with Crippen molar-refractivity contribution in [2.24, 2.45) is 0 Å². The normalized spacial score (nSPS) is 9.79. The minimum atomic E-state index is 0.539. The molecule has 0 saturated heterocycles. The molecular formula is C15H17N3S. The van der Waals surface area contributed by atoms with E-state index in [-0.39, 0.29) is 0 Å². The third-order valence-electron chi connectivity index (χ3n) is 2.74. The highest BCUT2D eigenvalue weighted by Gasteiger charge is 2.01. The Morgan fingerprint density at radius 1 is 1.00 bits per heavy atom. The summed E-state index contributed by atoms with van der Waals surface area (Å²) in [6, 6.07) is 16.1. The van der Waals surface area contributed by atoms with E-state index in [2.05, 4.69) is 48.2 Å². The molecule has 0 radical (unpaired) electrons. The number of rotatable bonds is 3. The summed E-state index contributed by atoms with van der Waals surface area (Å²) in [6.45, 7) is 4.11. The second-order valence-corrected chi connectivity index (χ2v) is 4.80. The number of thiocarbonyl (C=S) groups is 1. The van der Waals surface area contributed by atoms with Crippen molar-refractivity contribution in [3.05, 3.63) is 59.7 Å². The van der Waals surface area contributed by atoms with Gasteiger partial charge in [-0.25, -0.2) is 0 Å². The van der Waals surface area contributed by atoms with Crippen LogP contribution in [0.2, 0.25) is 0 Å². The minimum absolute atomic E-state index is 0.539. The molecule has 4 heteroatoms. The monoisotopic (exact) mass is 271 g/mol. The van der Waals surface area contributed by atoms with E-state index in [1.54, 1.807) is 0 Å². The van der Waals surface area contributed by atoms with Crippen LogP contribution in [0.4, 0.5) is 11.4 Å². The lowest BCUT2D eigenvalue weighted by atomic mass is 10.1. The zero-order valence-corrected chi connectivity index (χ0v) is 11.8. The first-order valence-electron chi connectivity index (χ1n) is 6.10. The Labute approximate surface area is 119 Å². The summed E-state index contributed by atoms with van der Waals surface area (Å²) in [4.78, 5) is 0. The van der Waals surface area contributed by atoms with E-state index in [4.69, 9.17) is 12.2 Å². The predicted octanol–water partition coefficient (Wildman–Crippen LogP) is 3.62. The van der Waals surface area contributed by atoms with E-state index in [0.717, 1.165) is 16.9 Å². The van der Waals surface area contributed by atoms with Crippen molar-refractivity contribution < 1.29 is 0 Å². The molecule has 0 saturated carbocycles. The van der Waals surface area contributed by atoms with Crippen molar-refractivity contribution in [1.29, 1.82) is 0 Å². The molecule has 0 aliphatic heterocycles. The van der Waals surface area contributed by atoms with Crippen LogP contribution in [0.25, 0.3) is 0 Å². The Bertz CT molecular complexity index is 567. The quantitative estimate of drug-likeness (QED) is 0.588. The van der Waals surface area contributed by atoms with E-state index in [1.165, 1.54) is 5.56 Å². The number of anilines is 2. The van der Waals surface area contributed by atoms with Crippen LogP contribution < -0.4 is 16.2 Å². The minimum Gasteiger partial charge on any atom is -0.331 e. The molecule has 0 aromatic heterocycles. The molecule has 2 aromatic carbocycles. The van der Waals surface area contributed by atoms with Gasteiger partial charge in [-0.2, -0.15) is 0 Å². The number of hydrogen-bond donors (Lipinski definition) is 3. The van der Waals surface area contributed by atoms with Gasteiger partial charge in [0.05, 0.1) is 5.69 Å². The molecule has 98 valence electrons. The van der Waals surface area contributed by atoms with E-state index >= 15 is 0 Å². The molecule has 0 spiro atoms. The molecule has 2 aromatic rings. The van der Waals surface area contributed by atoms with Crippen LogP contribution >= 0.6 is 12.2 Å². The van der Waals surface area contributed by atoms with Gasteiger partial charge in [0, 0.05) is 5.69 Å². The average molecular weight is 271 g/mol. The molecule has 0 atom stereocenters. The van der Waals surface area contributed by atoms with Gasteiger partial charge in [0.2, 0.25) is 0 Å². The zero-order chi connectivity index (χ0) is 13.7. The number of para-hydroxylation sites is 1. The fourth-order valence-electron chi connectivity index (χ4n) is 1.67. The summed E-state index contributed by atoms with van der Waals surface area (Å²) in [5.41, 5.74) is 10.4. The van der Waals surface area contributed by atoms with Crippen molar-refractivity contribution in [2.75, 3.05) is 10.7 Å². The average Bonchev–Trinajstić information content (AvgIpc) is 2.42. The van der Waals surface area contributed by atoms with Gasteiger partial charge in [0.1, 0.15) is 0 Å². The Balaban J connectivity index is 1.93. The van der Waals surface area contributed by atoms with Crippen LogP contribution in [0.1, 0.15) is 11.1 Å². The maximum Gasteiger partial charge on any atom is 0.189 e. The number of aryl methyl sites for hydroxylation is 2. The summed E-state index contributed by atoms with van der Waals surface area (Å²) in [7, 11) is 0. The van der Waals surface area contributed by atoms with Gasteiger partial charge in [-0.15, -0.1) is 0 Å². The van der Waals surface area contributed by atoms with E-state index in [9.17, 15) is 0 Å². The van der Waals surface area contributed by atoms with Crippen LogP contribution in [0.3, 0.4) is 0 Å². The molecule has 0 aliphatic rings.